The Hall–Kier alpha value is -3.92. The van der Waals surface area contributed by atoms with E-state index in [1.165, 1.54) is 0 Å². The van der Waals surface area contributed by atoms with Gasteiger partial charge in [-0.1, -0.05) is 17.7 Å². The molecule has 0 radical (unpaired) electrons. The zero-order valence-electron chi connectivity index (χ0n) is 16.6. The first-order chi connectivity index (χ1) is 14.5. The topological polar surface area (TPSA) is 99.8 Å². The molecule has 7 nitrogen and oxygen atoms in total. The summed E-state index contributed by atoms with van der Waals surface area (Å²) in [4.78, 5) is 30.2. The average Bonchev–Trinajstić information content (AvgIpc) is 3.16. The summed E-state index contributed by atoms with van der Waals surface area (Å²) in [5.74, 6) is -0.470. The number of hydrogen-bond acceptors (Lipinski definition) is 4. The van der Waals surface area contributed by atoms with Gasteiger partial charge in [-0.15, -0.1) is 0 Å². The van der Waals surface area contributed by atoms with Crippen LogP contribution in [0.2, 0.25) is 0 Å². The number of aromatic nitrogens is 2. The number of hydrogen-bond donors (Lipinski definition) is 2. The summed E-state index contributed by atoms with van der Waals surface area (Å²) in [6, 6.07) is 16.2. The van der Waals surface area contributed by atoms with Crippen molar-refractivity contribution in [2.24, 2.45) is 0 Å². The number of amides is 2. The second-order valence-electron chi connectivity index (χ2n) is 7.30. The van der Waals surface area contributed by atoms with E-state index in [0.717, 1.165) is 24.1 Å². The molecule has 0 atom stereocenters. The summed E-state index contributed by atoms with van der Waals surface area (Å²) in [5, 5.41) is 14.6. The van der Waals surface area contributed by atoms with E-state index in [1.807, 2.05) is 41.8 Å². The Kier molecular flexibility index (Phi) is 5.31. The molecule has 0 fully saturated rings. The highest BCUT2D eigenvalue weighted by atomic mass is 16.2. The Labute approximate surface area is 174 Å². The second kappa shape index (κ2) is 8.21. The molecule has 4 rings (SSSR count). The van der Waals surface area contributed by atoms with E-state index in [9.17, 15) is 9.59 Å². The smallest absolute Gasteiger partial charge is 0.291 e. The van der Waals surface area contributed by atoms with E-state index in [2.05, 4.69) is 15.6 Å². The minimum atomic E-state index is -0.378. The minimum Gasteiger partial charge on any atom is -0.323 e. The zero-order valence-corrected chi connectivity index (χ0v) is 16.6. The van der Waals surface area contributed by atoms with Gasteiger partial charge in [0, 0.05) is 17.9 Å². The van der Waals surface area contributed by atoms with Crippen LogP contribution in [0.25, 0.3) is 0 Å². The van der Waals surface area contributed by atoms with Gasteiger partial charge in [0.05, 0.1) is 17.3 Å². The summed E-state index contributed by atoms with van der Waals surface area (Å²) in [7, 11) is 0. The number of nitrogens with zero attached hydrogens (tertiary/aromatic N) is 3. The summed E-state index contributed by atoms with van der Waals surface area (Å²) < 4.78 is 1.84. The van der Waals surface area contributed by atoms with E-state index < -0.39 is 0 Å². The molecule has 1 aliphatic rings. The van der Waals surface area contributed by atoms with Crippen molar-refractivity contribution in [3.05, 3.63) is 76.9 Å². The van der Waals surface area contributed by atoms with E-state index in [0.29, 0.717) is 35.6 Å². The van der Waals surface area contributed by atoms with Crippen LogP contribution in [0.3, 0.4) is 0 Å². The fraction of sp³-hybridized carbons (Fsp3) is 0.217. The Balaban J connectivity index is 1.60. The number of nitrogens with one attached hydrogen (secondary N) is 2. The van der Waals surface area contributed by atoms with E-state index in [4.69, 9.17) is 5.26 Å². The number of fused-ring (bicyclic) bond motifs is 1. The van der Waals surface area contributed by atoms with Gasteiger partial charge in [-0.25, -0.2) is 4.98 Å². The lowest BCUT2D eigenvalue weighted by atomic mass is 10.1. The molecule has 2 heterocycles. The van der Waals surface area contributed by atoms with Gasteiger partial charge in [0.2, 0.25) is 0 Å². The molecule has 1 aromatic heterocycles. The Morgan fingerprint density at radius 1 is 0.967 bits per heavy atom. The SMILES string of the molecule is Cc1ccc(NC(=O)c2nc(C(=O)Nc3ccc(C#N)cc3)n3c2CCCC3)cc1. The first kappa shape index (κ1) is 19.4. The number of imidazole rings is 1. The second-order valence-corrected chi connectivity index (χ2v) is 7.30. The van der Waals surface area contributed by atoms with Crippen molar-refractivity contribution >= 4 is 23.2 Å². The van der Waals surface area contributed by atoms with Crippen LogP contribution in [0.5, 0.6) is 0 Å². The lowest BCUT2D eigenvalue weighted by Gasteiger charge is -2.17. The van der Waals surface area contributed by atoms with Gasteiger partial charge in [0.1, 0.15) is 0 Å². The molecule has 2 aromatic carbocycles. The Morgan fingerprint density at radius 2 is 1.60 bits per heavy atom. The molecule has 0 bridgehead atoms. The number of rotatable bonds is 4. The fourth-order valence-corrected chi connectivity index (χ4v) is 3.54. The predicted molar refractivity (Wildman–Crippen MR) is 113 cm³/mol. The molecule has 0 saturated heterocycles. The highest BCUT2D eigenvalue weighted by Gasteiger charge is 2.27. The fourth-order valence-electron chi connectivity index (χ4n) is 3.54. The van der Waals surface area contributed by atoms with Crippen LogP contribution in [-0.4, -0.2) is 21.4 Å². The van der Waals surface area contributed by atoms with Crippen LogP contribution in [0.15, 0.2) is 48.5 Å². The van der Waals surface area contributed by atoms with Crippen LogP contribution in [-0.2, 0) is 13.0 Å². The van der Waals surface area contributed by atoms with Crippen molar-refractivity contribution in [2.75, 3.05) is 10.6 Å². The van der Waals surface area contributed by atoms with Gasteiger partial charge in [0.25, 0.3) is 11.8 Å². The monoisotopic (exact) mass is 399 g/mol. The maximum Gasteiger partial charge on any atom is 0.291 e. The molecular formula is C23H21N5O2. The average molecular weight is 399 g/mol. The van der Waals surface area contributed by atoms with Gasteiger partial charge in [-0.2, -0.15) is 5.26 Å². The van der Waals surface area contributed by atoms with Gasteiger partial charge >= 0.3 is 0 Å². The Morgan fingerprint density at radius 3 is 2.27 bits per heavy atom. The van der Waals surface area contributed by atoms with Gasteiger partial charge in [-0.3, -0.25) is 9.59 Å². The third kappa shape index (κ3) is 3.94. The van der Waals surface area contributed by atoms with Crippen molar-refractivity contribution in [2.45, 2.75) is 32.7 Å². The largest absolute Gasteiger partial charge is 0.323 e. The first-order valence-electron chi connectivity index (χ1n) is 9.84. The van der Waals surface area contributed by atoms with E-state index >= 15 is 0 Å². The summed E-state index contributed by atoms with van der Waals surface area (Å²) in [6.45, 7) is 2.63. The quantitative estimate of drug-likeness (QED) is 0.695. The number of nitriles is 1. The number of anilines is 2. The lowest BCUT2D eigenvalue weighted by molar-refractivity contribution is 0.101. The molecule has 0 unspecified atom stereocenters. The van der Waals surface area contributed by atoms with Gasteiger partial charge in [0.15, 0.2) is 11.5 Å². The van der Waals surface area contributed by atoms with Crippen LogP contribution < -0.4 is 10.6 Å². The maximum atomic E-state index is 12.9. The third-order valence-electron chi connectivity index (χ3n) is 5.12. The number of benzene rings is 2. The molecule has 7 heteroatoms. The molecule has 0 saturated carbocycles. The lowest BCUT2D eigenvalue weighted by Crippen LogP contribution is -2.21. The van der Waals surface area contributed by atoms with Gasteiger partial charge < -0.3 is 15.2 Å². The highest BCUT2D eigenvalue weighted by molar-refractivity contribution is 6.07. The first-order valence-corrected chi connectivity index (χ1v) is 9.84. The third-order valence-corrected chi connectivity index (χ3v) is 5.12. The minimum absolute atomic E-state index is 0.225. The van der Waals surface area contributed by atoms with Crippen LogP contribution >= 0.6 is 0 Å². The van der Waals surface area contributed by atoms with Gasteiger partial charge in [-0.05, 0) is 62.6 Å². The van der Waals surface area contributed by atoms with E-state index in [-0.39, 0.29) is 17.6 Å². The normalized spacial score (nSPS) is 12.5. The van der Waals surface area contributed by atoms with Crippen molar-refractivity contribution in [3.63, 3.8) is 0 Å². The predicted octanol–water partition coefficient (Wildman–Crippen LogP) is 3.90. The maximum absolute atomic E-state index is 12.9. The van der Waals surface area contributed by atoms with Crippen LogP contribution in [0, 0.1) is 18.3 Å². The molecule has 30 heavy (non-hydrogen) atoms. The molecule has 2 amide bonds. The van der Waals surface area contributed by atoms with E-state index in [1.54, 1.807) is 24.3 Å². The zero-order chi connectivity index (χ0) is 21.1. The molecule has 2 N–H and O–H groups in total. The number of aryl methyl sites for hydroxylation is 1. The van der Waals surface area contributed by atoms with Crippen LogP contribution in [0.4, 0.5) is 11.4 Å². The molecule has 0 spiro atoms. The van der Waals surface area contributed by atoms with Crippen molar-refractivity contribution in [1.82, 2.24) is 9.55 Å². The Bertz CT molecular complexity index is 1140. The number of carbonyl (C=O) groups is 2. The molecule has 1 aliphatic heterocycles. The molecule has 0 aliphatic carbocycles. The summed E-state index contributed by atoms with van der Waals surface area (Å²) in [6.07, 6.45) is 2.58. The van der Waals surface area contributed by atoms with Crippen molar-refractivity contribution in [3.8, 4) is 6.07 Å². The summed E-state index contributed by atoms with van der Waals surface area (Å²) >= 11 is 0. The summed E-state index contributed by atoms with van der Waals surface area (Å²) in [5.41, 5.74) is 3.95. The van der Waals surface area contributed by atoms with Crippen molar-refractivity contribution in [1.29, 1.82) is 5.26 Å². The molecule has 150 valence electrons. The molecular weight excluding hydrogens is 378 g/mol. The van der Waals surface area contributed by atoms with Crippen LogP contribution in [0.1, 0.15) is 50.8 Å². The number of carbonyl (C=O) groups excluding carboxylic acids is 2. The highest BCUT2D eigenvalue weighted by Crippen LogP contribution is 2.23. The standard InChI is InChI=1S/C23H21N5O2/c1-15-5-9-17(10-6-15)25-22(29)20-19-4-2-3-13-28(19)21(27-20)23(30)26-18-11-7-16(14-24)8-12-18/h5-12H,2-4,13H2,1H3,(H,25,29)(H,26,30). The molecule has 3 aromatic rings. The van der Waals surface area contributed by atoms with Crippen molar-refractivity contribution < 1.29 is 9.59 Å².